The van der Waals surface area contributed by atoms with Gasteiger partial charge < -0.3 is 16.2 Å². The molecule has 0 unspecified atom stereocenters. The molecular weight excluding hydrogens is 206 g/mol. The van der Waals surface area contributed by atoms with E-state index in [1.165, 1.54) is 0 Å². The molecule has 0 atom stereocenters. The summed E-state index contributed by atoms with van der Waals surface area (Å²) in [5.41, 5.74) is 11.0. The number of nitrogen functional groups attached to an aromatic ring is 1. The van der Waals surface area contributed by atoms with Gasteiger partial charge in [-0.3, -0.25) is 4.79 Å². The Kier molecular flexibility index (Phi) is 3.03. The van der Waals surface area contributed by atoms with Gasteiger partial charge in [-0.1, -0.05) is 0 Å². The Bertz CT molecular complexity index is 355. The number of hydrogen-bond acceptors (Lipinski definition) is 6. The largest absolute Gasteiger partial charge is 0.452 e. The van der Waals surface area contributed by atoms with E-state index >= 15 is 0 Å². The van der Waals surface area contributed by atoms with Crippen molar-refractivity contribution >= 4 is 28.4 Å². The van der Waals surface area contributed by atoms with Crippen LogP contribution in [-0.4, -0.2) is 22.9 Å². The van der Waals surface area contributed by atoms with E-state index in [1.54, 1.807) is 6.92 Å². The van der Waals surface area contributed by atoms with E-state index in [0.29, 0.717) is 5.69 Å². The smallest absolute Gasteiger partial charge is 0.343 e. The quantitative estimate of drug-likeness (QED) is 0.671. The fourth-order valence-electron chi connectivity index (χ4n) is 0.844. The predicted molar refractivity (Wildman–Crippen MR) is 50.7 cm³/mol. The summed E-state index contributed by atoms with van der Waals surface area (Å²) < 4.78 is 8.45. The molecule has 0 radical (unpaired) electrons. The van der Waals surface area contributed by atoms with Gasteiger partial charge >= 0.3 is 5.97 Å². The average molecular weight is 215 g/mol. The first-order valence-electron chi connectivity index (χ1n) is 3.69. The van der Waals surface area contributed by atoms with Gasteiger partial charge in [0, 0.05) is 0 Å². The monoisotopic (exact) mass is 215 g/mol. The molecule has 0 aliphatic heterocycles. The second-order valence-electron chi connectivity index (χ2n) is 2.55. The molecule has 76 valence electrons. The zero-order valence-corrected chi connectivity index (χ0v) is 8.26. The Morgan fingerprint density at radius 2 is 2.21 bits per heavy atom. The summed E-state index contributed by atoms with van der Waals surface area (Å²) in [5, 5.41) is 0.275. The lowest BCUT2D eigenvalue weighted by atomic mass is 10.2. The molecular formula is C7H9N3O3S. The van der Waals surface area contributed by atoms with Gasteiger partial charge in [-0.05, 0) is 18.5 Å². The summed E-state index contributed by atoms with van der Waals surface area (Å²) in [7, 11) is 0. The maximum Gasteiger partial charge on any atom is 0.343 e. The maximum absolute atomic E-state index is 11.3. The highest BCUT2D eigenvalue weighted by atomic mass is 32.1. The molecule has 6 nitrogen and oxygen atoms in total. The average Bonchev–Trinajstić information content (AvgIpc) is 2.42. The van der Waals surface area contributed by atoms with E-state index in [4.69, 9.17) is 11.5 Å². The van der Waals surface area contributed by atoms with Gasteiger partial charge in [-0.25, -0.2) is 4.79 Å². The first-order valence-corrected chi connectivity index (χ1v) is 4.47. The van der Waals surface area contributed by atoms with Crippen LogP contribution in [0.15, 0.2) is 0 Å². The minimum atomic E-state index is -0.710. The number of aryl methyl sites for hydroxylation is 1. The van der Waals surface area contributed by atoms with Gasteiger partial charge in [0.2, 0.25) is 0 Å². The van der Waals surface area contributed by atoms with Crippen LogP contribution in [0.1, 0.15) is 16.1 Å². The summed E-state index contributed by atoms with van der Waals surface area (Å²) in [6, 6.07) is 0. The van der Waals surface area contributed by atoms with E-state index in [1.807, 2.05) is 0 Å². The van der Waals surface area contributed by atoms with Crippen molar-refractivity contribution in [3.63, 3.8) is 0 Å². The molecule has 0 saturated heterocycles. The van der Waals surface area contributed by atoms with Crippen molar-refractivity contribution in [3.05, 3.63) is 11.3 Å². The number of esters is 1. The Labute approximate surface area is 84.0 Å². The first kappa shape index (κ1) is 10.5. The zero-order valence-electron chi connectivity index (χ0n) is 7.44. The molecule has 1 aromatic rings. The minimum absolute atomic E-state index is 0.205. The number of hydrogen-bond donors (Lipinski definition) is 2. The van der Waals surface area contributed by atoms with Crippen LogP contribution in [0.4, 0.5) is 5.00 Å². The van der Waals surface area contributed by atoms with Gasteiger partial charge in [0.15, 0.2) is 6.61 Å². The highest BCUT2D eigenvalue weighted by Crippen LogP contribution is 2.21. The van der Waals surface area contributed by atoms with Crippen molar-refractivity contribution < 1.29 is 14.3 Å². The number of aromatic nitrogens is 1. The lowest BCUT2D eigenvalue weighted by molar-refractivity contribution is -0.121. The second-order valence-corrected chi connectivity index (χ2v) is 3.35. The van der Waals surface area contributed by atoms with Crippen LogP contribution >= 0.6 is 11.5 Å². The van der Waals surface area contributed by atoms with Crippen molar-refractivity contribution in [1.29, 1.82) is 0 Å². The molecule has 1 rings (SSSR count). The number of nitrogens with zero attached hydrogens (tertiary/aromatic N) is 1. The third-order valence-electron chi connectivity index (χ3n) is 1.44. The molecule has 0 fully saturated rings. The highest BCUT2D eigenvalue weighted by Gasteiger charge is 2.18. The number of anilines is 1. The van der Waals surface area contributed by atoms with Gasteiger partial charge in [0.05, 0.1) is 5.69 Å². The fourth-order valence-corrected chi connectivity index (χ4v) is 1.49. The number of primary amides is 1. The van der Waals surface area contributed by atoms with Crippen LogP contribution in [0.5, 0.6) is 0 Å². The van der Waals surface area contributed by atoms with Gasteiger partial charge in [-0.15, -0.1) is 0 Å². The lowest BCUT2D eigenvalue weighted by Crippen LogP contribution is -2.21. The van der Waals surface area contributed by atoms with Crippen LogP contribution in [0, 0.1) is 6.92 Å². The SMILES string of the molecule is Cc1nsc(N)c1C(=O)OCC(N)=O. The molecule has 4 N–H and O–H groups in total. The molecule has 14 heavy (non-hydrogen) atoms. The molecule has 0 saturated carbocycles. The van der Waals surface area contributed by atoms with Crippen molar-refractivity contribution in [2.24, 2.45) is 5.73 Å². The summed E-state index contributed by atoms with van der Waals surface area (Å²) in [6.45, 7) is 1.18. The Morgan fingerprint density at radius 3 is 2.64 bits per heavy atom. The lowest BCUT2D eigenvalue weighted by Gasteiger charge is -2.01. The molecule has 0 aliphatic carbocycles. The second kappa shape index (κ2) is 4.05. The van der Waals surface area contributed by atoms with Crippen molar-refractivity contribution in [3.8, 4) is 0 Å². The maximum atomic E-state index is 11.3. The van der Waals surface area contributed by atoms with Crippen LogP contribution in [0.25, 0.3) is 0 Å². The Hall–Kier alpha value is -1.63. The molecule has 7 heteroatoms. The van der Waals surface area contributed by atoms with Gasteiger partial charge in [0.1, 0.15) is 10.6 Å². The number of nitrogens with two attached hydrogens (primary N) is 2. The summed E-state index contributed by atoms with van der Waals surface area (Å²) in [4.78, 5) is 21.7. The Balaban J connectivity index is 2.74. The van der Waals surface area contributed by atoms with Crippen LogP contribution < -0.4 is 11.5 Å². The normalized spacial score (nSPS) is 9.79. The summed E-state index contributed by atoms with van der Waals surface area (Å²) in [6.07, 6.45) is 0. The van der Waals surface area contributed by atoms with E-state index in [0.717, 1.165) is 11.5 Å². The van der Waals surface area contributed by atoms with E-state index in [9.17, 15) is 9.59 Å². The number of ether oxygens (including phenoxy) is 1. The zero-order chi connectivity index (χ0) is 10.7. The van der Waals surface area contributed by atoms with E-state index in [-0.39, 0.29) is 10.6 Å². The van der Waals surface area contributed by atoms with Crippen LogP contribution in [-0.2, 0) is 9.53 Å². The molecule has 0 bridgehead atoms. The van der Waals surface area contributed by atoms with Crippen molar-refractivity contribution in [2.75, 3.05) is 12.3 Å². The van der Waals surface area contributed by atoms with Crippen LogP contribution in [0.2, 0.25) is 0 Å². The van der Waals surface area contributed by atoms with Gasteiger partial charge in [0.25, 0.3) is 5.91 Å². The number of carbonyl (C=O) groups is 2. The van der Waals surface area contributed by atoms with Gasteiger partial charge in [-0.2, -0.15) is 4.37 Å². The number of amides is 1. The van der Waals surface area contributed by atoms with Crippen LogP contribution in [0.3, 0.4) is 0 Å². The third-order valence-corrected chi connectivity index (χ3v) is 2.20. The number of carbonyl (C=O) groups excluding carboxylic acids is 2. The minimum Gasteiger partial charge on any atom is -0.452 e. The topological polar surface area (TPSA) is 108 Å². The van der Waals surface area contributed by atoms with Crippen molar-refractivity contribution in [1.82, 2.24) is 4.37 Å². The first-order chi connectivity index (χ1) is 6.52. The molecule has 0 aliphatic rings. The predicted octanol–water partition coefficient (Wildman–Crippen LogP) is -0.324. The van der Waals surface area contributed by atoms with E-state index in [2.05, 4.69) is 9.11 Å². The third kappa shape index (κ3) is 2.19. The van der Waals surface area contributed by atoms with Crippen molar-refractivity contribution in [2.45, 2.75) is 6.92 Å². The molecule has 1 heterocycles. The Morgan fingerprint density at radius 1 is 1.57 bits per heavy atom. The fraction of sp³-hybridized carbons (Fsp3) is 0.286. The standard InChI is InChI=1S/C7H9N3O3S/c1-3-5(6(9)14-10-3)7(12)13-2-4(8)11/h2,9H2,1H3,(H2,8,11). The molecule has 1 amide bonds. The number of rotatable bonds is 3. The molecule has 0 aromatic carbocycles. The summed E-state index contributed by atoms with van der Waals surface area (Å²) in [5.74, 6) is -1.38. The van der Waals surface area contributed by atoms with E-state index < -0.39 is 18.5 Å². The molecule has 1 aromatic heterocycles. The molecule has 0 spiro atoms. The summed E-state index contributed by atoms with van der Waals surface area (Å²) >= 11 is 1.00. The highest BCUT2D eigenvalue weighted by molar-refractivity contribution is 7.10.